The summed E-state index contributed by atoms with van der Waals surface area (Å²) < 4.78 is 26.3. The van der Waals surface area contributed by atoms with Gasteiger partial charge >= 0.3 is 5.97 Å². The van der Waals surface area contributed by atoms with Crippen molar-refractivity contribution in [2.45, 2.75) is 88.9 Å². The van der Waals surface area contributed by atoms with Crippen LogP contribution >= 0.6 is 0 Å². The van der Waals surface area contributed by atoms with Gasteiger partial charge in [0, 0.05) is 37.7 Å². The molecular weight excluding hydrogens is 471 g/mol. The zero-order valence-corrected chi connectivity index (χ0v) is 21.7. The van der Waals surface area contributed by atoms with Crippen molar-refractivity contribution in [2.24, 2.45) is 0 Å². The van der Waals surface area contributed by atoms with Gasteiger partial charge in [-0.3, -0.25) is 14.7 Å². The molecule has 37 heavy (non-hydrogen) atoms. The van der Waals surface area contributed by atoms with Crippen LogP contribution in [0.3, 0.4) is 0 Å². The predicted octanol–water partition coefficient (Wildman–Crippen LogP) is 5.58. The van der Waals surface area contributed by atoms with E-state index in [9.17, 15) is 14.3 Å². The third-order valence-electron chi connectivity index (χ3n) is 8.06. The van der Waals surface area contributed by atoms with Gasteiger partial charge in [-0.25, -0.2) is 4.39 Å². The first-order valence-corrected chi connectivity index (χ1v) is 14.1. The van der Waals surface area contributed by atoms with Gasteiger partial charge in [-0.2, -0.15) is 0 Å². The number of likely N-dealkylation sites (tertiary alicyclic amines) is 1. The number of nitrogens with zero attached hydrogens (tertiary/aromatic N) is 2. The summed E-state index contributed by atoms with van der Waals surface area (Å²) in [6.07, 6.45) is 11.2. The molecule has 3 atom stereocenters. The van der Waals surface area contributed by atoms with Crippen LogP contribution in [0.5, 0.6) is 0 Å². The standard InChI is InChI=1S/C30H39FN2O4/c31-22-12-14-25(28-10-4-6-18-37-28)26(19-22)29(30(34)35)33-16-15-24(20-33)36-17-5-3-8-23-13-11-21-7-1-2-9-27(21)32-23/h11-14,19,24,28-29H,1-10,15-18,20H2,(H,34,35)/t24-,28-,29?/m0/s1. The lowest BCUT2D eigenvalue weighted by Crippen LogP contribution is -2.34. The Morgan fingerprint density at radius 2 is 2.03 bits per heavy atom. The Morgan fingerprint density at radius 3 is 2.86 bits per heavy atom. The Bertz CT molecular complexity index is 1070. The van der Waals surface area contributed by atoms with Gasteiger partial charge in [0.25, 0.3) is 0 Å². The quantitative estimate of drug-likeness (QED) is 0.421. The number of aryl methyl sites for hydroxylation is 3. The smallest absolute Gasteiger partial charge is 0.325 e. The molecule has 3 heterocycles. The summed E-state index contributed by atoms with van der Waals surface area (Å²) in [7, 11) is 0. The molecule has 0 radical (unpaired) electrons. The number of fused-ring (bicyclic) bond motifs is 1. The molecule has 0 saturated carbocycles. The second-order valence-electron chi connectivity index (χ2n) is 10.7. The average molecular weight is 511 g/mol. The van der Waals surface area contributed by atoms with Crippen molar-refractivity contribution in [3.63, 3.8) is 0 Å². The van der Waals surface area contributed by atoms with Crippen LogP contribution in [0.25, 0.3) is 0 Å². The highest BCUT2D eigenvalue weighted by molar-refractivity contribution is 5.76. The Hall–Kier alpha value is -2.35. The van der Waals surface area contributed by atoms with E-state index in [1.165, 1.54) is 41.9 Å². The Balaban J connectivity index is 1.13. The van der Waals surface area contributed by atoms with Gasteiger partial charge in [0.2, 0.25) is 0 Å². The van der Waals surface area contributed by atoms with E-state index in [-0.39, 0.29) is 12.2 Å². The molecule has 5 rings (SSSR count). The summed E-state index contributed by atoms with van der Waals surface area (Å²) >= 11 is 0. The highest BCUT2D eigenvalue weighted by Crippen LogP contribution is 2.36. The number of aliphatic carboxylic acids is 1. The normalized spacial score (nSPS) is 23.1. The van der Waals surface area contributed by atoms with Crippen LogP contribution < -0.4 is 0 Å². The maximum Gasteiger partial charge on any atom is 0.325 e. The number of carboxylic acid groups (broad SMARTS) is 1. The molecule has 1 aromatic carbocycles. The first kappa shape index (κ1) is 26.3. The fourth-order valence-corrected chi connectivity index (χ4v) is 6.10. The average Bonchev–Trinajstić information content (AvgIpc) is 3.37. The molecule has 2 fully saturated rings. The summed E-state index contributed by atoms with van der Waals surface area (Å²) in [6, 6.07) is 8.02. The molecule has 1 N–H and O–H groups in total. The lowest BCUT2D eigenvalue weighted by molar-refractivity contribution is -0.143. The summed E-state index contributed by atoms with van der Waals surface area (Å²) in [4.78, 5) is 19.2. The minimum absolute atomic E-state index is 0.00772. The number of rotatable bonds is 10. The third kappa shape index (κ3) is 6.57. The largest absolute Gasteiger partial charge is 0.480 e. The molecule has 7 heteroatoms. The molecule has 2 saturated heterocycles. The number of pyridine rings is 1. The SMILES string of the molecule is O=C(O)C(c1cc(F)ccc1[C@@H]1CCCCO1)N1CC[C@H](OCCCCc2ccc3c(n2)CCCC3)C1. The zero-order chi connectivity index (χ0) is 25.6. The van der Waals surface area contributed by atoms with Gasteiger partial charge in [0.1, 0.15) is 11.9 Å². The van der Waals surface area contributed by atoms with Crippen LogP contribution in [-0.4, -0.2) is 53.4 Å². The molecule has 0 amide bonds. The molecule has 6 nitrogen and oxygen atoms in total. The highest BCUT2D eigenvalue weighted by atomic mass is 19.1. The fraction of sp³-hybridized carbons (Fsp3) is 0.600. The van der Waals surface area contributed by atoms with Gasteiger partial charge < -0.3 is 14.6 Å². The number of unbranched alkanes of at least 4 members (excludes halogenated alkanes) is 1. The van der Waals surface area contributed by atoms with E-state index in [1.54, 1.807) is 6.07 Å². The molecular formula is C30H39FN2O4. The summed E-state index contributed by atoms with van der Waals surface area (Å²) in [5, 5.41) is 10.2. The number of benzene rings is 1. The number of carboxylic acids is 1. The zero-order valence-electron chi connectivity index (χ0n) is 21.7. The maximum atomic E-state index is 14.3. The lowest BCUT2D eigenvalue weighted by Gasteiger charge is -2.30. The van der Waals surface area contributed by atoms with Crippen molar-refractivity contribution in [1.29, 1.82) is 0 Å². The molecule has 200 valence electrons. The Morgan fingerprint density at radius 1 is 1.14 bits per heavy atom. The van der Waals surface area contributed by atoms with Crippen LogP contribution in [0.1, 0.15) is 91.6 Å². The predicted molar refractivity (Wildman–Crippen MR) is 139 cm³/mol. The van der Waals surface area contributed by atoms with Gasteiger partial charge in [0.05, 0.1) is 12.2 Å². The first-order chi connectivity index (χ1) is 18.1. The first-order valence-electron chi connectivity index (χ1n) is 14.1. The number of ether oxygens (including phenoxy) is 2. The van der Waals surface area contributed by atoms with Crippen LogP contribution in [-0.2, 0) is 33.5 Å². The monoisotopic (exact) mass is 510 g/mol. The third-order valence-corrected chi connectivity index (χ3v) is 8.06. The second kappa shape index (κ2) is 12.5. The van der Waals surface area contributed by atoms with Crippen LogP contribution in [0.15, 0.2) is 30.3 Å². The second-order valence-corrected chi connectivity index (χ2v) is 10.7. The lowest BCUT2D eigenvalue weighted by atomic mass is 9.92. The molecule has 0 spiro atoms. The maximum absolute atomic E-state index is 14.3. The number of hydrogen-bond acceptors (Lipinski definition) is 5. The van der Waals surface area contributed by atoms with E-state index in [0.29, 0.717) is 31.9 Å². The molecule has 0 bridgehead atoms. The fourth-order valence-electron chi connectivity index (χ4n) is 6.10. The molecule has 1 unspecified atom stereocenters. The minimum atomic E-state index is -0.958. The molecule has 3 aliphatic rings. The number of halogens is 1. The van der Waals surface area contributed by atoms with Crippen molar-refractivity contribution in [1.82, 2.24) is 9.88 Å². The Kier molecular flexibility index (Phi) is 8.85. The number of aromatic nitrogens is 1. The van der Waals surface area contributed by atoms with Crippen LogP contribution in [0.4, 0.5) is 4.39 Å². The van der Waals surface area contributed by atoms with Crippen LogP contribution in [0.2, 0.25) is 0 Å². The van der Waals surface area contributed by atoms with E-state index < -0.39 is 17.8 Å². The number of carbonyl (C=O) groups is 1. The Labute approximate surface area is 219 Å². The topological polar surface area (TPSA) is 71.9 Å². The van der Waals surface area contributed by atoms with E-state index in [0.717, 1.165) is 63.4 Å². The summed E-state index contributed by atoms with van der Waals surface area (Å²) in [5.41, 5.74) is 5.19. The van der Waals surface area contributed by atoms with Gasteiger partial charge in [0.15, 0.2) is 0 Å². The summed E-state index contributed by atoms with van der Waals surface area (Å²) in [5.74, 6) is -1.37. The van der Waals surface area contributed by atoms with Crippen molar-refractivity contribution >= 4 is 5.97 Å². The van der Waals surface area contributed by atoms with Crippen molar-refractivity contribution in [2.75, 3.05) is 26.3 Å². The van der Waals surface area contributed by atoms with Crippen molar-refractivity contribution in [3.8, 4) is 0 Å². The van der Waals surface area contributed by atoms with Gasteiger partial charge in [-0.05, 0) is 106 Å². The molecule has 1 aromatic heterocycles. The molecule has 1 aliphatic carbocycles. The van der Waals surface area contributed by atoms with Crippen LogP contribution in [0, 0.1) is 5.82 Å². The summed E-state index contributed by atoms with van der Waals surface area (Å²) in [6.45, 7) is 2.46. The highest BCUT2D eigenvalue weighted by Gasteiger charge is 2.36. The van der Waals surface area contributed by atoms with E-state index in [4.69, 9.17) is 14.5 Å². The van der Waals surface area contributed by atoms with Gasteiger partial charge in [-0.15, -0.1) is 0 Å². The van der Waals surface area contributed by atoms with Crippen molar-refractivity contribution < 1.29 is 23.8 Å². The van der Waals surface area contributed by atoms with Crippen molar-refractivity contribution in [3.05, 3.63) is 64.2 Å². The minimum Gasteiger partial charge on any atom is -0.480 e. The molecule has 2 aromatic rings. The van der Waals surface area contributed by atoms with E-state index in [2.05, 4.69) is 12.1 Å². The molecule has 2 aliphatic heterocycles. The van der Waals surface area contributed by atoms with E-state index in [1.807, 2.05) is 4.90 Å². The van der Waals surface area contributed by atoms with Gasteiger partial charge in [-0.1, -0.05) is 12.1 Å². The number of hydrogen-bond donors (Lipinski definition) is 1. The van der Waals surface area contributed by atoms with E-state index >= 15 is 0 Å².